The zero-order valence-electron chi connectivity index (χ0n) is 11.7. The summed E-state index contributed by atoms with van der Waals surface area (Å²) in [6.45, 7) is 8.24. The second kappa shape index (κ2) is 6.54. The van der Waals surface area contributed by atoms with Gasteiger partial charge in [0.25, 0.3) is 0 Å². The Kier molecular flexibility index (Phi) is 5.03. The van der Waals surface area contributed by atoms with E-state index in [4.69, 9.17) is 5.26 Å². The van der Waals surface area contributed by atoms with Crippen molar-refractivity contribution in [2.24, 2.45) is 11.3 Å². The van der Waals surface area contributed by atoms with E-state index in [-0.39, 0.29) is 0 Å². The number of nitrogens with zero attached hydrogens (tertiary/aromatic N) is 2. The molecule has 2 rings (SSSR count). The van der Waals surface area contributed by atoms with E-state index in [1.165, 1.54) is 58.3 Å². The fourth-order valence-electron chi connectivity index (χ4n) is 3.04. The standard InChI is InChI=1S/C15H27N3/c1-2-9-17-12-14-3-10-18(11-4-14)13-15(5-6-15)7-8-16/h14,17H,2-7,9-13H2,1H3. The van der Waals surface area contributed by atoms with Crippen LogP contribution in [0.15, 0.2) is 0 Å². The first kappa shape index (κ1) is 13.8. The van der Waals surface area contributed by atoms with Gasteiger partial charge in [-0.15, -0.1) is 0 Å². The predicted octanol–water partition coefficient (Wildman–Crippen LogP) is 2.39. The van der Waals surface area contributed by atoms with Gasteiger partial charge in [0.05, 0.1) is 6.07 Å². The lowest BCUT2D eigenvalue weighted by Crippen LogP contribution is -2.40. The lowest BCUT2D eigenvalue weighted by Gasteiger charge is -2.34. The molecule has 0 bridgehead atoms. The van der Waals surface area contributed by atoms with E-state index in [9.17, 15) is 0 Å². The number of nitriles is 1. The van der Waals surface area contributed by atoms with Gasteiger partial charge in [0.1, 0.15) is 0 Å². The Labute approximate surface area is 112 Å². The molecule has 2 fully saturated rings. The Morgan fingerprint density at radius 3 is 2.61 bits per heavy atom. The molecule has 0 atom stereocenters. The van der Waals surface area contributed by atoms with Gasteiger partial charge in [-0.05, 0) is 69.6 Å². The molecule has 0 unspecified atom stereocenters. The summed E-state index contributed by atoms with van der Waals surface area (Å²) in [6.07, 6.45) is 7.22. The molecule has 0 amide bonds. The van der Waals surface area contributed by atoms with Crippen LogP contribution in [0.2, 0.25) is 0 Å². The van der Waals surface area contributed by atoms with Crippen molar-refractivity contribution in [2.45, 2.75) is 45.4 Å². The minimum atomic E-state index is 0.391. The second-order valence-electron chi connectivity index (χ2n) is 6.26. The Balaban J connectivity index is 1.63. The number of likely N-dealkylation sites (tertiary alicyclic amines) is 1. The summed E-state index contributed by atoms with van der Waals surface area (Å²) in [4.78, 5) is 2.60. The van der Waals surface area contributed by atoms with Gasteiger partial charge in [-0.25, -0.2) is 0 Å². The van der Waals surface area contributed by atoms with Crippen LogP contribution in [0.5, 0.6) is 0 Å². The average molecular weight is 249 g/mol. The summed E-state index contributed by atoms with van der Waals surface area (Å²) >= 11 is 0. The highest BCUT2D eigenvalue weighted by Crippen LogP contribution is 2.49. The first-order chi connectivity index (χ1) is 8.78. The van der Waals surface area contributed by atoms with Crippen molar-refractivity contribution in [1.82, 2.24) is 10.2 Å². The third kappa shape index (κ3) is 3.96. The molecule has 1 aliphatic heterocycles. The molecule has 1 saturated heterocycles. The first-order valence-corrected chi connectivity index (χ1v) is 7.58. The molecular weight excluding hydrogens is 222 g/mol. The quantitative estimate of drug-likeness (QED) is 0.704. The molecule has 3 heteroatoms. The van der Waals surface area contributed by atoms with Gasteiger partial charge in [0.2, 0.25) is 0 Å². The fraction of sp³-hybridized carbons (Fsp3) is 0.933. The molecule has 1 aliphatic carbocycles. The van der Waals surface area contributed by atoms with E-state index in [2.05, 4.69) is 23.2 Å². The second-order valence-corrected chi connectivity index (χ2v) is 6.26. The zero-order valence-corrected chi connectivity index (χ0v) is 11.7. The summed E-state index contributed by atoms with van der Waals surface area (Å²) < 4.78 is 0. The smallest absolute Gasteiger partial charge is 0.0628 e. The summed E-state index contributed by atoms with van der Waals surface area (Å²) in [7, 11) is 0. The van der Waals surface area contributed by atoms with Crippen molar-refractivity contribution < 1.29 is 0 Å². The number of hydrogen-bond acceptors (Lipinski definition) is 3. The van der Waals surface area contributed by atoms with E-state index < -0.39 is 0 Å². The summed E-state index contributed by atoms with van der Waals surface area (Å²) in [5, 5.41) is 12.4. The summed E-state index contributed by atoms with van der Waals surface area (Å²) in [5.41, 5.74) is 0.391. The van der Waals surface area contributed by atoms with Crippen LogP contribution in [0.4, 0.5) is 0 Å². The molecular formula is C15H27N3. The van der Waals surface area contributed by atoms with E-state index >= 15 is 0 Å². The zero-order chi connectivity index (χ0) is 12.8. The summed E-state index contributed by atoms with van der Waals surface area (Å²) in [5.74, 6) is 0.874. The van der Waals surface area contributed by atoms with Crippen molar-refractivity contribution in [1.29, 1.82) is 5.26 Å². The Hall–Kier alpha value is -0.590. The Morgan fingerprint density at radius 1 is 1.33 bits per heavy atom. The molecule has 1 saturated carbocycles. The number of hydrogen-bond donors (Lipinski definition) is 1. The highest BCUT2D eigenvalue weighted by Gasteiger charge is 2.43. The van der Waals surface area contributed by atoms with Gasteiger partial charge in [0.15, 0.2) is 0 Å². The van der Waals surface area contributed by atoms with Gasteiger partial charge in [-0.2, -0.15) is 5.26 Å². The van der Waals surface area contributed by atoms with Crippen molar-refractivity contribution in [3.05, 3.63) is 0 Å². The largest absolute Gasteiger partial charge is 0.316 e. The molecule has 2 aliphatic rings. The van der Waals surface area contributed by atoms with Gasteiger partial charge < -0.3 is 10.2 Å². The van der Waals surface area contributed by atoms with E-state index in [0.29, 0.717) is 5.41 Å². The Morgan fingerprint density at radius 2 is 2.06 bits per heavy atom. The SMILES string of the molecule is CCCNCC1CCN(CC2(CC#N)CC2)CC1. The van der Waals surface area contributed by atoms with Gasteiger partial charge in [0, 0.05) is 13.0 Å². The molecule has 0 aromatic carbocycles. The van der Waals surface area contributed by atoms with Crippen molar-refractivity contribution in [2.75, 3.05) is 32.7 Å². The number of nitrogens with one attached hydrogen (secondary N) is 1. The molecule has 3 nitrogen and oxygen atoms in total. The third-order valence-corrected chi connectivity index (χ3v) is 4.54. The van der Waals surface area contributed by atoms with Crippen LogP contribution in [0.1, 0.15) is 45.4 Å². The maximum absolute atomic E-state index is 8.86. The lowest BCUT2D eigenvalue weighted by molar-refractivity contribution is 0.153. The van der Waals surface area contributed by atoms with Crippen LogP contribution in [-0.2, 0) is 0 Å². The molecule has 1 heterocycles. The van der Waals surface area contributed by atoms with Crippen LogP contribution in [-0.4, -0.2) is 37.6 Å². The minimum absolute atomic E-state index is 0.391. The highest BCUT2D eigenvalue weighted by atomic mass is 15.1. The lowest BCUT2D eigenvalue weighted by atomic mass is 9.94. The third-order valence-electron chi connectivity index (χ3n) is 4.54. The topological polar surface area (TPSA) is 39.1 Å². The number of rotatable bonds is 7. The fourth-order valence-corrected chi connectivity index (χ4v) is 3.04. The molecule has 18 heavy (non-hydrogen) atoms. The van der Waals surface area contributed by atoms with Gasteiger partial charge in [-0.1, -0.05) is 6.92 Å². The van der Waals surface area contributed by atoms with E-state index in [0.717, 1.165) is 18.9 Å². The Bertz CT molecular complexity index is 283. The average Bonchev–Trinajstić information content (AvgIpc) is 3.12. The minimum Gasteiger partial charge on any atom is -0.316 e. The maximum Gasteiger partial charge on any atom is 0.0628 e. The highest BCUT2D eigenvalue weighted by molar-refractivity contribution is 5.01. The van der Waals surface area contributed by atoms with Crippen LogP contribution in [0.25, 0.3) is 0 Å². The monoisotopic (exact) mass is 249 g/mol. The predicted molar refractivity (Wildman–Crippen MR) is 74.2 cm³/mol. The van der Waals surface area contributed by atoms with Gasteiger partial charge >= 0.3 is 0 Å². The normalized spacial score (nSPS) is 23.8. The molecule has 0 aromatic rings. The van der Waals surface area contributed by atoms with Crippen LogP contribution < -0.4 is 5.32 Å². The molecule has 0 spiro atoms. The van der Waals surface area contributed by atoms with Crippen molar-refractivity contribution in [3.8, 4) is 6.07 Å². The molecule has 1 N–H and O–H groups in total. The van der Waals surface area contributed by atoms with Crippen molar-refractivity contribution in [3.63, 3.8) is 0 Å². The van der Waals surface area contributed by atoms with Gasteiger partial charge in [-0.3, -0.25) is 0 Å². The van der Waals surface area contributed by atoms with Crippen LogP contribution in [0, 0.1) is 22.7 Å². The molecule has 0 radical (unpaired) electrons. The van der Waals surface area contributed by atoms with Crippen molar-refractivity contribution >= 4 is 0 Å². The van der Waals surface area contributed by atoms with Crippen LogP contribution in [0.3, 0.4) is 0 Å². The molecule has 0 aromatic heterocycles. The number of piperidine rings is 1. The maximum atomic E-state index is 8.86. The summed E-state index contributed by atoms with van der Waals surface area (Å²) in [6, 6.07) is 2.37. The van der Waals surface area contributed by atoms with E-state index in [1.807, 2.05) is 0 Å². The van der Waals surface area contributed by atoms with E-state index in [1.54, 1.807) is 0 Å². The van der Waals surface area contributed by atoms with Crippen LogP contribution >= 0.6 is 0 Å². The first-order valence-electron chi connectivity index (χ1n) is 7.58. The molecule has 102 valence electrons.